The van der Waals surface area contributed by atoms with Gasteiger partial charge < -0.3 is 5.11 Å². The van der Waals surface area contributed by atoms with E-state index in [-0.39, 0.29) is 25.4 Å². The van der Waals surface area contributed by atoms with Gasteiger partial charge in [0, 0.05) is 48.7 Å². The van der Waals surface area contributed by atoms with Gasteiger partial charge >= 0.3 is 6.18 Å². The van der Waals surface area contributed by atoms with E-state index in [0.717, 1.165) is 5.39 Å². The maximum Gasteiger partial charge on any atom is 0.401 e. The van der Waals surface area contributed by atoms with E-state index in [9.17, 15) is 23.5 Å². The van der Waals surface area contributed by atoms with Crippen LogP contribution >= 0.6 is 0 Å². The predicted octanol–water partition coefficient (Wildman–Crippen LogP) is 3.75. The molecule has 5 rings (SSSR count). The van der Waals surface area contributed by atoms with Crippen molar-refractivity contribution in [2.24, 2.45) is 0 Å². The summed E-state index contributed by atoms with van der Waals surface area (Å²) in [5.74, 6) is -0.107. The minimum atomic E-state index is -4.30. The van der Waals surface area contributed by atoms with Crippen LogP contribution in [0.1, 0.15) is 6.42 Å². The number of hydrogen-bond donors (Lipinski definition) is 1. The molecule has 1 saturated heterocycles. The lowest BCUT2D eigenvalue weighted by atomic mass is 9.87. The average molecular weight is 465 g/mol. The van der Waals surface area contributed by atoms with Gasteiger partial charge in [0.25, 0.3) is 0 Å². The molecule has 0 unspecified atom stereocenters. The minimum Gasteiger partial charge on any atom is -0.493 e. The summed E-state index contributed by atoms with van der Waals surface area (Å²) in [5.41, 5.74) is 2.16. The van der Waals surface area contributed by atoms with Crippen molar-refractivity contribution in [3.8, 4) is 34.6 Å². The van der Waals surface area contributed by atoms with Gasteiger partial charge in [0.05, 0.1) is 30.2 Å². The number of pyridine rings is 3. The molecule has 0 radical (unpaired) electrons. The number of nitrogens with zero attached hydrogens (tertiary/aromatic N) is 7. The molecule has 8 nitrogen and oxygen atoms in total. The Labute approximate surface area is 191 Å². The molecule has 0 amide bonds. The van der Waals surface area contributed by atoms with E-state index in [1.807, 2.05) is 12.1 Å². The highest BCUT2D eigenvalue weighted by molar-refractivity contribution is 5.93. The molecule has 1 fully saturated rings. The normalized spacial score (nSPS) is 15.7. The molecule has 0 aliphatic carbocycles. The van der Waals surface area contributed by atoms with Gasteiger partial charge in [0.2, 0.25) is 5.88 Å². The average Bonchev–Trinajstić information content (AvgIpc) is 3.27. The third kappa shape index (κ3) is 4.04. The molecule has 0 bridgehead atoms. The molecule has 4 aromatic rings. The van der Waals surface area contributed by atoms with Crippen LogP contribution in [-0.4, -0.2) is 60.5 Å². The van der Waals surface area contributed by atoms with Gasteiger partial charge in [-0.3, -0.25) is 14.6 Å². The molecular formula is C23H18F3N7O. The third-order valence-corrected chi connectivity index (χ3v) is 5.81. The number of hydrogen-bond acceptors (Lipinski definition) is 7. The maximum atomic E-state index is 12.8. The van der Waals surface area contributed by atoms with Crippen LogP contribution in [0.15, 0.2) is 55.0 Å². The van der Waals surface area contributed by atoms with Gasteiger partial charge in [0.15, 0.2) is 0 Å². The van der Waals surface area contributed by atoms with Crippen LogP contribution in [0.2, 0.25) is 0 Å². The van der Waals surface area contributed by atoms with Crippen LogP contribution < -0.4 is 0 Å². The second-order valence-corrected chi connectivity index (χ2v) is 8.30. The monoisotopic (exact) mass is 465 g/mol. The lowest BCUT2D eigenvalue weighted by Crippen LogP contribution is -2.64. The smallest absolute Gasteiger partial charge is 0.401 e. The van der Waals surface area contributed by atoms with Crippen molar-refractivity contribution in [2.75, 3.05) is 19.6 Å². The summed E-state index contributed by atoms with van der Waals surface area (Å²) in [6.45, 7) is -0.860. The highest BCUT2D eigenvalue weighted by Gasteiger charge is 2.48. The Morgan fingerprint density at radius 2 is 1.94 bits per heavy atom. The number of nitriles is 1. The summed E-state index contributed by atoms with van der Waals surface area (Å²) in [6.07, 6.45) is 0.580. The zero-order valence-electron chi connectivity index (χ0n) is 17.7. The van der Waals surface area contributed by atoms with E-state index in [1.165, 1.54) is 17.2 Å². The van der Waals surface area contributed by atoms with Crippen molar-refractivity contribution in [3.63, 3.8) is 0 Å². The SMILES string of the molecule is N#CCC1(n2ccc(-c3nc(-c4ccc(O)nc4)cc4ncccc34)n2)CN(CC(F)(F)F)C1. The van der Waals surface area contributed by atoms with E-state index < -0.39 is 18.3 Å². The van der Waals surface area contributed by atoms with Gasteiger partial charge in [-0.1, -0.05) is 0 Å². The highest BCUT2D eigenvalue weighted by Crippen LogP contribution is 2.36. The molecule has 0 spiro atoms. The van der Waals surface area contributed by atoms with Gasteiger partial charge in [-0.25, -0.2) is 9.97 Å². The van der Waals surface area contributed by atoms with Crippen molar-refractivity contribution in [1.82, 2.24) is 29.6 Å². The first-order chi connectivity index (χ1) is 16.3. The van der Waals surface area contributed by atoms with E-state index in [4.69, 9.17) is 4.98 Å². The van der Waals surface area contributed by atoms with Crippen molar-refractivity contribution in [3.05, 3.63) is 55.0 Å². The van der Waals surface area contributed by atoms with Crippen LogP contribution in [0, 0.1) is 11.3 Å². The number of likely N-dealkylation sites (tertiary alicyclic amines) is 1. The second-order valence-electron chi connectivity index (χ2n) is 8.30. The summed E-state index contributed by atoms with van der Waals surface area (Å²) in [7, 11) is 0. The van der Waals surface area contributed by atoms with E-state index in [2.05, 4.69) is 21.1 Å². The Kier molecular flexibility index (Phi) is 5.17. The van der Waals surface area contributed by atoms with Gasteiger partial charge in [-0.15, -0.1) is 0 Å². The molecular weight excluding hydrogens is 447 g/mol. The Morgan fingerprint density at radius 3 is 2.65 bits per heavy atom. The number of aromatic hydroxyl groups is 1. The predicted molar refractivity (Wildman–Crippen MR) is 116 cm³/mol. The summed E-state index contributed by atoms with van der Waals surface area (Å²) in [6, 6.07) is 12.4. The summed E-state index contributed by atoms with van der Waals surface area (Å²) < 4.78 is 39.9. The Hall–Kier alpha value is -4.04. The summed E-state index contributed by atoms with van der Waals surface area (Å²) in [4.78, 5) is 14.3. The number of alkyl halides is 3. The lowest BCUT2D eigenvalue weighted by molar-refractivity contribution is -0.167. The number of aromatic nitrogens is 5. The van der Waals surface area contributed by atoms with Crippen molar-refractivity contribution in [2.45, 2.75) is 18.1 Å². The zero-order chi connectivity index (χ0) is 23.9. The van der Waals surface area contributed by atoms with Crippen LogP contribution in [-0.2, 0) is 5.54 Å². The van der Waals surface area contributed by atoms with E-state index in [0.29, 0.717) is 28.2 Å². The fourth-order valence-corrected chi connectivity index (χ4v) is 4.31. The van der Waals surface area contributed by atoms with Crippen molar-refractivity contribution >= 4 is 10.9 Å². The van der Waals surface area contributed by atoms with Crippen LogP contribution in [0.4, 0.5) is 13.2 Å². The van der Waals surface area contributed by atoms with Crippen molar-refractivity contribution in [1.29, 1.82) is 5.26 Å². The fraction of sp³-hybridized carbons (Fsp3) is 0.261. The van der Waals surface area contributed by atoms with Gasteiger partial charge in [-0.2, -0.15) is 23.5 Å². The molecule has 1 N–H and O–H groups in total. The standard InChI is InChI=1S/C23H18F3N7O/c24-23(25,26)14-32-12-22(13-32,6-7-27)33-9-5-17(31-33)21-16-2-1-8-28-19(16)10-18(30-21)15-3-4-20(34)29-11-15/h1-5,8-11H,6,12-14H2,(H,29,34). The first-order valence-electron chi connectivity index (χ1n) is 10.4. The molecule has 11 heteroatoms. The molecule has 1 aliphatic heterocycles. The summed E-state index contributed by atoms with van der Waals surface area (Å²) >= 11 is 0. The molecule has 0 aromatic carbocycles. The van der Waals surface area contributed by atoms with E-state index in [1.54, 1.807) is 35.3 Å². The molecule has 1 aliphatic rings. The van der Waals surface area contributed by atoms with E-state index >= 15 is 0 Å². The quantitative estimate of drug-likeness (QED) is 0.479. The van der Waals surface area contributed by atoms with Gasteiger partial charge in [0.1, 0.15) is 16.9 Å². The zero-order valence-corrected chi connectivity index (χ0v) is 17.7. The highest BCUT2D eigenvalue weighted by atomic mass is 19.4. The fourth-order valence-electron chi connectivity index (χ4n) is 4.31. The van der Waals surface area contributed by atoms with Crippen LogP contribution in [0.3, 0.4) is 0 Å². The molecule has 4 aromatic heterocycles. The third-order valence-electron chi connectivity index (χ3n) is 5.81. The summed E-state index contributed by atoms with van der Waals surface area (Å²) in [5, 5.41) is 24.2. The number of rotatable bonds is 5. The molecule has 34 heavy (non-hydrogen) atoms. The maximum absolute atomic E-state index is 12.8. The molecule has 0 atom stereocenters. The lowest BCUT2D eigenvalue weighted by Gasteiger charge is -2.49. The van der Waals surface area contributed by atoms with Gasteiger partial charge in [-0.05, 0) is 30.3 Å². The second kappa shape index (κ2) is 8.07. The van der Waals surface area contributed by atoms with Crippen LogP contribution in [0.5, 0.6) is 5.88 Å². The molecule has 5 heterocycles. The largest absolute Gasteiger partial charge is 0.493 e. The molecule has 172 valence electrons. The number of fused-ring (bicyclic) bond motifs is 1. The van der Waals surface area contributed by atoms with Crippen LogP contribution in [0.25, 0.3) is 33.5 Å². The first-order valence-corrected chi connectivity index (χ1v) is 10.4. The molecule has 0 saturated carbocycles. The topological polar surface area (TPSA) is 104 Å². The Balaban J connectivity index is 1.53. The Morgan fingerprint density at radius 1 is 1.12 bits per heavy atom. The first kappa shape index (κ1) is 21.8. The minimum absolute atomic E-state index is 0.0391. The van der Waals surface area contributed by atoms with Crippen molar-refractivity contribution < 1.29 is 18.3 Å². The Bertz CT molecular complexity index is 1390. The number of halogens is 3.